The minimum absolute atomic E-state index is 0.0398. The minimum atomic E-state index is -0.664. The lowest BCUT2D eigenvalue weighted by Gasteiger charge is -2.28. The van der Waals surface area contributed by atoms with E-state index in [1.165, 1.54) is 19.2 Å². The van der Waals surface area contributed by atoms with Crippen molar-refractivity contribution in [2.75, 3.05) is 33.9 Å². The van der Waals surface area contributed by atoms with E-state index in [2.05, 4.69) is 4.90 Å². The highest BCUT2D eigenvalue weighted by molar-refractivity contribution is 5.91. The van der Waals surface area contributed by atoms with E-state index in [4.69, 9.17) is 9.47 Å². The molecule has 7 heteroatoms. The molecule has 1 fully saturated rings. The van der Waals surface area contributed by atoms with Gasteiger partial charge in [0.25, 0.3) is 0 Å². The molecule has 1 amide bonds. The monoisotopic (exact) mass is 490 g/mol. The van der Waals surface area contributed by atoms with Gasteiger partial charge in [0.15, 0.2) is 0 Å². The van der Waals surface area contributed by atoms with Crippen LogP contribution in [0.5, 0.6) is 5.75 Å². The van der Waals surface area contributed by atoms with Crippen molar-refractivity contribution in [3.05, 3.63) is 102 Å². The van der Waals surface area contributed by atoms with E-state index in [1.54, 1.807) is 17.0 Å². The molecular formula is C29H31FN2O4. The summed E-state index contributed by atoms with van der Waals surface area (Å²) < 4.78 is 23.9. The van der Waals surface area contributed by atoms with Gasteiger partial charge < -0.3 is 14.4 Å². The fraction of sp³-hybridized carbons (Fsp3) is 0.310. The van der Waals surface area contributed by atoms with Gasteiger partial charge >= 0.3 is 5.97 Å². The van der Waals surface area contributed by atoms with Gasteiger partial charge in [-0.3, -0.25) is 9.69 Å². The average molecular weight is 491 g/mol. The van der Waals surface area contributed by atoms with Crippen LogP contribution in [-0.2, 0) is 14.3 Å². The lowest BCUT2D eigenvalue weighted by molar-refractivity contribution is -0.151. The van der Waals surface area contributed by atoms with Crippen LogP contribution in [0.25, 0.3) is 0 Å². The highest BCUT2D eigenvalue weighted by atomic mass is 19.1. The van der Waals surface area contributed by atoms with E-state index < -0.39 is 17.9 Å². The molecule has 2 atom stereocenters. The molecule has 1 aliphatic heterocycles. The molecule has 1 heterocycles. The van der Waals surface area contributed by atoms with Crippen LogP contribution in [0.2, 0.25) is 0 Å². The normalized spacial score (nSPS) is 17.4. The fourth-order valence-electron chi connectivity index (χ4n) is 4.69. The number of carbonyl (C=O) groups is 2. The second-order valence-corrected chi connectivity index (χ2v) is 8.96. The summed E-state index contributed by atoms with van der Waals surface area (Å²) in [5.41, 5.74) is 1.75. The van der Waals surface area contributed by atoms with Crippen LogP contribution in [-0.4, -0.2) is 67.6 Å². The van der Waals surface area contributed by atoms with Crippen LogP contribution >= 0.6 is 0 Å². The zero-order chi connectivity index (χ0) is 25.5. The summed E-state index contributed by atoms with van der Waals surface area (Å²) in [6, 6.07) is 24.4. The van der Waals surface area contributed by atoms with Gasteiger partial charge in [0.2, 0.25) is 5.91 Å². The Morgan fingerprint density at radius 2 is 1.56 bits per heavy atom. The van der Waals surface area contributed by atoms with Gasteiger partial charge in [-0.05, 0) is 48.9 Å². The van der Waals surface area contributed by atoms with Crippen LogP contribution in [0.3, 0.4) is 0 Å². The molecule has 6 nitrogen and oxygen atoms in total. The smallest absolute Gasteiger partial charge is 0.328 e. The highest BCUT2D eigenvalue weighted by Crippen LogP contribution is 2.32. The Hall–Kier alpha value is -3.71. The average Bonchev–Trinajstić information content (AvgIpc) is 3.36. The Labute approximate surface area is 211 Å². The molecule has 1 saturated heterocycles. The maximum absolute atomic E-state index is 14.0. The first kappa shape index (κ1) is 25.4. The molecule has 0 N–H and O–H groups in total. The number of halogens is 1. The van der Waals surface area contributed by atoms with Crippen LogP contribution in [0.1, 0.15) is 23.5 Å². The Morgan fingerprint density at radius 1 is 0.972 bits per heavy atom. The topological polar surface area (TPSA) is 59.1 Å². The predicted molar refractivity (Wildman–Crippen MR) is 135 cm³/mol. The molecule has 0 saturated carbocycles. The van der Waals surface area contributed by atoms with Gasteiger partial charge in [0.1, 0.15) is 24.2 Å². The largest absolute Gasteiger partial charge is 0.492 e. The molecule has 3 aromatic carbocycles. The number of likely N-dealkylation sites (tertiary alicyclic amines) is 1. The molecule has 2 unspecified atom stereocenters. The Balaban J connectivity index is 1.50. The number of likely N-dealkylation sites (N-methyl/N-ethyl adjacent to an activating group) is 1. The van der Waals surface area contributed by atoms with E-state index in [0.29, 0.717) is 31.9 Å². The van der Waals surface area contributed by atoms with Crippen molar-refractivity contribution in [1.29, 1.82) is 0 Å². The second kappa shape index (κ2) is 11.8. The lowest BCUT2D eigenvalue weighted by atomic mass is 9.90. The first-order chi connectivity index (χ1) is 17.5. The zero-order valence-corrected chi connectivity index (χ0v) is 20.5. The summed E-state index contributed by atoms with van der Waals surface area (Å²) >= 11 is 0. The van der Waals surface area contributed by atoms with Crippen molar-refractivity contribution in [1.82, 2.24) is 9.80 Å². The van der Waals surface area contributed by atoms with Gasteiger partial charge in [-0.15, -0.1) is 0 Å². The quantitative estimate of drug-likeness (QED) is 0.423. The van der Waals surface area contributed by atoms with Crippen molar-refractivity contribution in [2.24, 2.45) is 0 Å². The summed E-state index contributed by atoms with van der Waals surface area (Å²) in [5, 5.41) is 0. The van der Waals surface area contributed by atoms with E-state index in [0.717, 1.165) is 11.1 Å². The standard InChI is InChI=1S/C29H31FN2O4/c1-31(17-18-36-25-15-13-23(30)14-16-25)24-19-26(29(34)35-2)32(20-24)28(33)27(21-9-5-3-6-10-21)22-11-7-4-8-12-22/h3-16,24,26-27H,17-20H2,1-2H3. The third-order valence-electron chi connectivity index (χ3n) is 6.70. The van der Waals surface area contributed by atoms with Gasteiger partial charge in [-0.25, -0.2) is 9.18 Å². The minimum Gasteiger partial charge on any atom is -0.492 e. The number of amides is 1. The molecule has 0 aromatic heterocycles. The molecule has 0 bridgehead atoms. The summed E-state index contributed by atoms with van der Waals surface area (Å²) in [4.78, 5) is 30.5. The van der Waals surface area contributed by atoms with Crippen LogP contribution < -0.4 is 4.74 Å². The van der Waals surface area contributed by atoms with Crippen molar-refractivity contribution in [2.45, 2.75) is 24.4 Å². The van der Waals surface area contributed by atoms with Crippen LogP contribution in [0, 0.1) is 5.82 Å². The molecule has 0 aliphatic carbocycles. The number of nitrogens with zero attached hydrogens (tertiary/aromatic N) is 2. The molecule has 4 rings (SSSR count). The van der Waals surface area contributed by atoms with Gasteiger partial charge in [-0.2, -0.15) is 0 Å². The fourth-order valence-corrected chi connectivity index (χ4v) is 4.69. The van der Waals surface area contributed by atoms with E-state index in [9.17, 15) is 14.0 Å². The van der Waals surface area contributed by atoms with Crippen molar-refractivity contribution in [3.63, 3.8) is 0 Å². The number of ether oxygens (including phenoxy) is 2. The molecule has 36 heavy (non-hydrogen) atoms. The van der Waals surface area contributed by atoms with Gasteiger partial charge in [0, 0.05) is 19.1 Å². The molecule has 3 aromatic rings. The van der Waals surface area contributed by atoms with Crippen molar-refractivity contribution in [3.8, 4) is 5.75 Å². The maximum Gasteiger partial charge on any atom is 0.328 e. The second-order valence-electron chi connectivity index (χ2n) is 8.96. The van der Waals surface area contributed by atoms with Crippen molar-refractivity contribution >= 4 is 11.9 Å². The summed E-state index contributed by atoms with van der Waals surface area (Å²) in [7, 11) is 3.30. The summed E-state index contributed by atoms with van der Waals surface area (Å²) in [6.45, 7) is 1.38. The first-order valence-electron chi connectivity index (χ1n) is 12.0. The van der Waals surface area contributed by atoms with Gasteiger partial charge in [0.05, 0.1) is 13.0 Å². The van der Waals surface area contributed by atoms with Gasteiger partial charge in [-0.1, -0.05) is 60.7 Å². The number of benzene rings is 3. The summed E-state index contributed by atoms with van der Waals surface area (Å²) in [5.74, 6) is -0.782. The number of hydrogen-bond acceptors (Lipinski definition) is 5. The Morgan fingerprint density at radius 3 is 2.11 bits per heavy atom. The highest BCUT2D eigenvalue weighted by Gasteiger charge is 2.44. The number of esters is 1. The van der Waals surface area contributed by atoms with Crippen LogP contribution in [0.15, 0.2) is 84.9 Å². The molecule has 188 valence electrons. The third-order valence-corrected chi connectivity index (χ3v) is 6.70. The lowest BCUT2D eigenvalue weighted by Crippen LogP contribution is -2.44. The van der Waals surface area contributed by atoms with Crippen molar-refractivity contribution < 1.29 is 23.5 Å². The predicted octanol–water partition coefficient (Wildman–Crippen LogP) is 4.11. The SMILES string of the molecule is COC(=O)C1CC(N(C)CCOc2ccc(F)cc2)CN1C(=O)C(c1ccccc1)c1ccccc1. The van der Waals surface area contributed by atoms with E-state index in [1.807, 2.05) is 67.7 Å². The number of carbonyl (C=O) groups excluding carboxylic acids is 2. The summed E-state index contributed by atoms with van der Waals surface area (Å²) in [6.07, 6.45) is 0.474. The molecule has 0 radical (unpaired) electrons. The Kier molecular flexibility index (Phi) is 8.33. The number of rotatable bonds is 9. The van der Waals surface area contributed by atoms with E-state index >= 15 is 0 Å². The zero-order valence-electron chi connectivity index (χ0n) is 20.5. The number of methoxy groups -OCH3 is 1. The van der Waals surface area contributed by atoms with E-state index in [-0.39, 0.29) is 17.8 Å². The molecule has 1 aliphatic rings. The van der Waals surface area contributed by atoms with Crippen LogP contribution in [0.4, 0.5) is 4.39 Å². The third kappa shape index (κ3) is 5.91. The molecular weight excluding hydrogens is 459 g/mol. The first-order valence-corrected chi connectivity index (χ1v) is 12.0. The number of hydrogen-bond donors (Lipinski definition) is 0. The maximum atomic E-state index is 14.0. The Bertz CT molecular complexity index is 1100. The molecule has 0 spiro atoms.